The van der Waals surface area contributed by atoms with Crippen LogP contribution in [0.4, 0.5) is 5.69 Å². The number of hydrogen-bond acceptors (Lipinski definition) is 4. The summed E-state index contributed by atoms with van der Waals surface area (Å²) in [5.74, 6) is 0.600. The number of para-hydroxylation sites is 1. The number of ether oxygens (including phenoxy) is 1. The lowest BCUT2D eigenvalue weighted by atomic mass is 9.92. The molecule has 1 amide bonds. The molecule has 6 heteroatoms. The van der Waals surface area contributed by atoms with Crippen molar-refractivity contribution in [3.05, 3.63) is 94.0 Å². The van der Waals surface area contributed by atoms with Gasteiger partial charge in [-0.1, -0.05) is 64.5 Å². The SMILES string of the molecule is CN1C(=O)C2(Oc3ccc(Br)cc3C3CC(c4ccccc4)=NN32)c2ccccc21. The fourth-order valence-electron chi connectivity index (χ4n) is 4.75. The molecule has 0 radical (unpaired) electrons. The van der Waals surface area contributed by atoms with Crippen molar-refractivity contribution in [3.8, 4) is 5.75 Å². The van der Waals surface area contributed by atoms with Gasteiger partial charge in [-0.3, -0.25) is 4.79 Å². The van der Waals surface area contributed by atoms with Gasteiger partial charge in [0.1, 0.15) is 5.75 Å². The predicted molar refractivity (Wildman–Crippen MR) is 118 cm³/mol. The van der Waals surface area contributed by atoms with E-state index in [-0.39, 0.29) is 11.9 Å². The van der Waals surface area contributed by atoms with Crippen LogP contribution in [0.1, 0.15) is 29.2 Å². The van der Waals surface area contributed by atoms with E-state index in [2.05, 4.69) is 34.1 Å². The lowest BCUT2D eigenvalue weighted by Crippen LogP contribution is -2.56. The minimum absolute atomic E-state index is 0.0926. The first-order valence-corrected chi connectivity index (χ1v) is 10.7. The van der Waals surface area contributed by atoms with Crippen molar-refractivity contribution in [2.24, 2.45) is 5.10 Å². The van der Waals surface area contributed by atoms with Crippen molar-refractivity contribution >= 4 is 33.2 Å². The summed E-state index contributed by atoms with van der Waals surface area (Å²) in [5, 5.41) is 6.87. The van der Waals surface area contributed by atoms with E-state index in [9.17, 15) is 4.79 Å². The lowest BCUT2D eigenvalue weighted by Gasteiger charge is -2.44. The summed E-state index contributed by atoms with van der Waals surface area (Å²) in [4.78, 5) is 15.4. The Morgan fingerprint density at radius 3 is 2.67 bits per heavy atom. The van der Waals surface area contributed by atoms with Gasteiger partial charge in [-0.05, 0) is 29.8 Å². The Bertz CT molecular complexity index is 1230. The number of rotatable bonds is 1. The van der Waals surface area contributed by atoms with Crippen LogP contribution >= 0.6 is 15.9 Å². The summed E-state index contributed by atoms with van der Waals surface area (Å²) in [6.45, 7) is 0. The number of anilines is 1. The molecule has 3 aromatic carbocycles. The van der Waals surface area contributed by atoms with Crippen LogP contribution in [0.2, 0.25) is 0 Å². The van der Waals surface area contributed by atoms with Crippen molar-refractivity contribution in [2.45, 2.75) is 18.2 Å². The zero-order valence-electron chi connectivity index (χ0n) is 16.2. The molecule has 1 spiro atoms. The number of halogens is 1. The Morgan fingerprint density at radius 2 is 1.83 bits per heavy atom. The zero-order chi connectivity index (χ0) is 20.5. The fraction of sp³-hybridized carbons (Fsp3) is 0.167. The van der Waals surface area contributed by atoms with E-state index in [1.54, 1.807) is 11.9 Å². The second kappa shape index (κ2) is 6.19. The summed E-state index contributed by atoms with van der Waals surface area (Å²) in [5.41, 5.74) is 3.43. The Balaban J connectivity index is 1.60. The highest BCUT2D eigenvalue weighted by atomic mass is 79.9. The molecule has 0 aliphatic carbocycles. The number of benzene rings is 3. The van der Waals surface area contributed by atoms with E-state index in [1.165, 1.54) is 0 Å². The smallest absolute Gasteiger partial charge is 0.306 e. The Morgan fingerprint density at radius 1 is 1.07 bits per heavy atom. The third-order valence-electron chi connectivity index (χ3n) is 6.15. The molecule has 3 aliphatic rings. The molecule has 5 nitrogen and oxygen atoms in total. The van der Waals surface area contributed by atoms with Gasteiger partial charge in [0, 0.05) is 23.5 Å². The Kier molecular flexibility index (Phi) is 3.65. The van der Waals surface area contributed by atoms with Crippen LogP contribution in [-0.4, -0.2) is 23.7 Å². The lowest BCUT2D eigenvalue weighted by molar-refractivity contribution is -0.163. The standard InChI is InChI=1S/C24H18BrN3O2/c1-27-20-10-6-5-9-18(20)24(23(27)29)28-21(17-13-16(25)11-12-22(17)30-24)14-19(26-28)15-7-3-2-4-8-15/h2-13,21H,14H2,1H3. The first-order chi connectivity index (χ1) is 14.6. The molecule has 3 heterocycles. The van der Waals surface area contributed by atoms with Gasteiger partial charge < -0.3 is 9.64 Å². The first-order valence-electron chi connectivity index (χ1n) is 9.88. The van der Waals surface area contributed by atoms with Gasteiger partial charge in [0.25, 0.3) is 5.91 Å². The monoisotopic (exact) mass is 459 g/mol. The second-order valence-electron chi connectivity index (χ2n) is 7.79. The molecule has 0 saturated carbocycles. The number of hydrogen-bond donors (Lipinski definition) is 0. The van der Waals surface area contributed by atoms with Crippen molar-refractivity contribution in [1.82, 2.24) is 5.01 Å². The third-order valence-corrected chi connectivity index (χ3v) is 6.65. The zero-order valence-corrected chi connectivity index (χ0v) is 17.8. The molecule has 3 aromatic rings. The van der Waals surface area contributed by atoms with Gasteiger partial charge in [-0.25, -0.2) is 5.01 Å². The molecule has 0 aromatic heterocycles. The topological polar surface area (TPSA) is 45.1 Å². The normalized spacial score (nSPS) is 23.7. The van der Waals surface area contributed by atoms with Crippen molar-refractivity contribution < 1.29 is 9.53 Å². The van der Waals surface area contributed by atoms with Crippen LogP contribution in [0.15, 0.2) is 82.4 Å². The minimum atomic E-state index is -1.30. The quantitative estimate of drug-likeness (QED) is 0.523. The highest BCUT2D eigenvalue weighted by Gasteiger charge is 2.62. The van der Waals surface area contributed by atoms with E-state index in [4.69, 9.17) is 9.84 Å². The number of carbonyl (C=O) groups is 1. The second-order valence-corrected chi connectivity index (χ2v) is 8.70. The number of nitrogens with zero attached hydrogens (tertiary/aromatic N) is 3. The number of hydrazone groups is 1. The Labute approximate surface area is 182 Å². The molecule has 30 heavy (non-hydrogen) atoms. The number of fused-ring (bicyclic) bond motifs is 6. The highest BCUT2D eigenvalue weighted by Crippen LogP contribution is 2.55. The van der Waals surface area contributed by atoms with Gasteiger partial charge in [0.05, 0.1) is 23.0 Å². The number of likely N-dealkylation sites (N-methyl/N-ethyl adjacent to an activating group) is 1. The molecule has 3 aliphatic heterocycles. The number of amides is 1. The molecular weight excluding hydrogens is 442 g/mol. The predicted octanol–water partition coefficient (Wildman–Crippen LogP) is 4.82. The van der Waals surface area contributed by atoms with E-state index in [0.717, 1.165) is 38.3 Å². The number of carbonyl (C=O) groups excluding carboxylic acids is 1. The summed E-state index contributed by atoms with van der Waals surface area (Å²) in [7, 11) is 1.79. The largest absolute Gasteiger partial charge is 0.453 e. The minimum Gasteiger partial charge on any atom is -0.453 e. The highest BCUT2D eigenvalue weighted by molar-refractivity contribution is 9.10. The third kappa shape index (κ3) is 2.22. The molecule has 0 N–H and O–H groups in total. The average Bonchev–Trinajstić information content (AvgIpc) is 3.32. The molecular formula is C24H18BrN3O2. The van der Waals surface area contributed by atoms with Gasteiger partial charge in [-0.2, -0.15) is 5.10 Å². The fourth-order valence-corrected chi connectivity index (χ4v) is 5.13. The van der Waals surface area contributed by atoms with Crippen LogP contribution in [0.3, 0.4) is 0 Å². The van der Waals surface area contributed by atoms with E-state index >= 15 is 0 Å². The van der Waals surface area contributed by atoms with Crippen molar-refractivity contribution in [1.29, 1.82) is 0 Å². The summed E-state index contributed by atoms with van der Waals surface area (Å²) >= 11 is 3.58. The van der Waals surface area contributed by atoms with Crippen LogP contribution in [0, 0.1) is 0 Å². The van der Waals surface area contributed by atoms with Crippen molar-refractivity contribution in [3.63, 3.8) is 0 Å². The molecule has 2 atom stereocenters. The maximum atomic E-state index is 13.7. The van der Waals surface area contributed by atoms with Gasteiger partial charge >= 0.3 is 5.72 Å². The van der Waals surface area contributed by atoms with Crippen LogP contribution in [0.5, 0.6) is 5.75 Å². The summed E-state index contributed by atoms with van der Waals surface area (Å²) < 4.78 is 7.53. The Hall–Kier alpha value is -3.12. The van der Waals surface area contributed by atoms with Crippen LogP contribution in [0.25, 0.3) is 0 Å². The molecule has 0 fully saturated rings. The van der Waals surface area contributed by atoms with Gasteiger partial charge in [0.15, 0.2) is 0 Å². The average molecular weight is 460 g/mol. The van der Waals surface area contributed by atoms with Crippen molar-refractivity contribution in [2.75, 3.05) is 11.9 Å². The summed E-state index contributed by atoms with van der Waals surface area (Å²) in [6.07, 6.45) is 0.706. The van der Waals surface area contributed by atoms with Gasteiger partial charge in [-0.15, -0.1) is 0 Å². The molecule has 2 unspecified atom stereocenters. The van der Waals surface area contributed by atoms with Gasteiger partial charge in [0.2, 0.25) is 0 Å². The molecule has 0 bridgehead atoms. The van der Waals surface area contributed by atoms with Crippen LogP contribution in [-0.2, 0) is 10.5 Å². The maximum absolute atomic E-state index is 13.7. The van der Waals surface area contributed by atoms with E-state index < -0.39 is 5.72 Å². The molecule has 148 valence electrons. The van der Waals surface area contributed by atoms with E-state index in [0.29, 0.717) is 6.42 Å². The summed E-state index contributed by atoms with van der Waals surface area (Å²) in [6, 6.07) is 23.8. The molecule has 6 rings (SSSR count). The first kappa shape index (κ1) is 17.7. The van der Waals surface area contributed by atoms with Crippen LogP contribution < -0.4 is 9.64 Å². The molecule has 0 saturated heterocycles. The maximum Gasteiger partial charge on any atom is 0.306 e. The van der Waals surface area contributed by atoms with E-state index in [1.807, 2.05) is 59.6 Å².